The molecule has 2 rings (SSSR count). The van der Waals surface area contributed by atoms with E-state index in [1.165, 1.54) is 12.1 Å². The van der Waals surface area contributed by atoms with E-state index in [1.54, 1.807) is 18.2 Å². The highest BCUT2D eigenvalue weighted by Gasteiger charge is 2.14. The summed E-state index contributed by atoms with van der Waals surface area (Å²) in [5, 5.41) is 0. The molecule has 0 saturated heterocycles. The maximum atomic E-state index is 13.3. The lowest BCUT2D eigenvalue weighted by Gasteiger charge is -2.10. The van der Waals surface area contributed by atoms with Crippen LogP contribution >= 0.6 is 0 Å². The third-order valence-corrected chi connectivity index (χ3v) is 5.23. The Bertz CT molecular complexity index is 755. The van der Waals surface area contributed by atoms with Gasteiger partial charge in [0.25, 0.3) is 0 Å². The van der Waals surface area contributed by atoms with Crippen LogP contribution in [0.5, 0.6) is 0 Å². The predicted molar refractivity (Wildman–Crippen MR) is 90.2 cm³/mol. The van der Waals surface area contributed by atoms with E-state index in [1.807, 2.05) is 19.1 Å². The number of hydrogen-bond donors (Lipinski definition) is 1. The lowest BCUT2D eigenvalue weighted by atomic mass is 10.1. The summed E-state index contributed by atoms with van der Waals surface area (Å²) in [6, 6.07) is 11.3. The van der Waals surface area contributed by atoms with Gasteiger partial charge in [0.15, 0.2) is 0 Å². The van der Waals surface area contributed by atoms with Gasteiger partial charge in [-0.3, -0.25) is 0 Å². The summed E-state index contributed by atoms with van der Waals surface area (Å²) < 4.78 is 40.4. The average Bonchev–Trinajstić information content (AvgIpc) is 2.54. The molecule has 3 nitrogen and oxygen atoms in total. The van der Waals surface area contributed by atoms with Crippen LogP contribution in [0, 0.1) is 12.7 Å². The molecule has 0 aliphatic heterocycles. The van der Waals surface area contributed by atoms with Crippen LogP contribution in [0.2, 0.25) is 0 Å². The SMILES string of the molecule is CCCCc1ccc(S(=O)(=O)NCc2cc(F)ccc2C)cc1. The van der Waals surface area contributed by atoms with E-state index in [0.717, 1.165) is 30.4 Å². The minimum atomic E-state index is -3.60. The van der Waals surface area contributed by atoms with Crippen LogP contribution < -0.4 is 4.72 Å². The van der Waals surface area contributed by atoms with Gasteiger partial charge in [0.05, 0.1) is 4.90 Å². The van der Waals surface area contributed by atoms with Gasteiger partial charge in [-0.1, -0.05) is 31.5 Å². The van der Waals surface area contributed by atoms with Gasteiger partial charge in [0, 0.05) is 6.54 Å². The van der Waals surface area contributed by atoms with Crippen molar-refractivity contribution in [2.45, 2.75) is 44.6 Å². The van der Waals surface area contributed by atoms with Crippen molar-refractivity contribution in [2.75, 3.05) is 0 Å². The number of aryl methyl sites for hydroxylation is 2. The van der Waals surface area contributed by atoms with E-state index >= 15 is 0 Å². The van der Waals surface area contributed by atoms with Crippen LogP contribution in [0.3, 0.4) is 0 Å². The van der Waals surface area contributed by atoms with Crippen molar-refractivity contribution in [3.63, 3.8) is 0 Å². The van der Waals surface area contributed by atoms with Gasteiger partial charge in [-0.15, -0.1) is 0 Å². The highest BCUT2D eigenvalue weighted by atomic mass is 32.2. The zero-order valence-corrected chi connectivity index (χ0v) is 14.3. The summed E-state index contributed by atoms with van der Waals surface area (Å²) in [5.41, 5.74) is 2.61. The average molecular weight is 335 g/mol. The number of sulfonamides is 1. The van der Waals surface area contributed by atoms with Gasteiger partial charge < -0.3 is 0 Å². The Balaban J connectivity index is 2.08. The molecule has 0 bridgehead atoms. The number of unbranched alkanes of at least 4 members (excludes halogenated alkanes) is 1. The molecule has 0 heterocycles. The topological polar surface area (TPSA) is 46.2 Å². The Labute approximate surface area is 137 Å². The molecule has 0 aliphatic carbocycles. The Hall–Kier alpha value is -1.72. The fraction of sp³-hybridized carbons (Fsp3) is 0.333. The number of benzene rings is 2. The highest BCUT2D eigenvalue weighted by Crippen LogP contribution is 2.15. The minimum Gasteiger partial charge on any atom is -0.207 e. The zero-order valence-electron chi connectivity index (χ0n) is 13.5. The molecule has 0 atom stereocenters. The van der Waals surface area contributed by atoms with Crippen molar-refractivity contribution >= 4 is 10.0 Å². The summed E-state index contributed by atoms with van der Waals surface area (Å²) in [4.78, 5) is 0.229. The second-order valence-corrected chi connectivity index (χ2v) is 7.41. The fourth-order valence-corrected chi connectivity index (χ4v) is 3.31. The number of hydrogen-bond acceptors (Lipinski definition) is 2. The van der Waals surface area contributed by atoms with Crippen LogP contribution in [-0.4, -0.2) is 8.42 Å². The molecule has 124 valence electrons. The standard InChI is InChI=1S/C18H22FNO2S/c1-3-4-5-15-7-10-18(11-8-15)23(21,22)20-13-16-12-17(19)9-6-14(16)2/h6-12,20H,3-5,13H2,1-2H3. The number of halogens is 1. The molecule has 5 heteroatoms. The molecule has 23 heavy (non-hydrogen) atoms. The van der Waals surface area contributed by atoms with E-state index in [2.05, 4.69) is 11.6 Å². The third-order valence-electron chi connectivity index (χ3n) is 3.82. The normalized spacial score (nSPS) is 11.6. The summed E-state index contributed by atoms with van der Waals surface area (Å²) in [6.45, 7) is 4.02. The zero-order chi connectivity index (χ0) is 16.9. The highest BCUT2D eigenvalue weighted by molar-refractivity contribution is 7.89. The minimum absolute atomic E-state index is 0.0729. The van der Waals surface area contributed by atoms with Crippen LogP contribution in [0.4, 0.5) is 4.39 Å². The first-order chi connectivity index (χ1) is 10.9. The fourth-order valence-electron chi connectivity index (χ4n) is 2.30. The molecular formula is C18H22FNO2S. The lowest BCUT2D eigenvalue weighted by molar-refractivity contribution is 0.580. The lowest BCUT2D eigenvalue weighted by Crippen LogP contribution is -2.23. The summed E-state index contributed by atoms with van der Waals surface area (Å²) >= 11 is 0. The molecule has 0 amide bonds. The molecule has 0 aliphatic rings. The van der Waals surface area contributed by atoms with E-state index < -0.39 is 10.0 Å². The van der Waals surface area contributed by atoms with E-state index in [-0.39, 0.29) is 17.3 Å². The summed E-state index contributed by atoms with van der Waals surface area (Å²) in [6.07, 6.45) is 3.14. The Morgan fingerprint density at radius 2 is 1.78 bits per heavy atom. The third kappa shape index (κ3) is 4.88. The van der Waals surface area contributed by atoms with Crippen molar-refractivity contribution in [1.82, 2.24) is 4.72 Å². The Morgan fingerprint density at radius 1 is 1.09 bits per heavy atom. The maximum absolute atomic E-state index is 13.3. The van der Waals surface area contributed by atoms with E-state index in [4.69, 9.17) is 0 Å². The molecule has 1 N–H and O–H groups in total. The van der Waals surface area contributed by atoms with E-state index in [9.17, 15) is 12.8 Å². The van der Waals surface area contributed by atoms with Gasteiger partial charge >= 0.3 is 0 Å². The van der Waals surface area contributed by atoms with Crippen molar-refractivity contribution in [3.8, 4) is 0 Å². The van der Waals surface area contributed by atoms with Crippen LogP contribution in [0.25, 0.3) is 0 Å². The van der Waals surface area contributed by atoms with Crippen LogP contribution in [0.15, 0.2) is 47.4 Å². The summed E-state index contributed by atoms with van der Waals surface area (Å²) in [5.74, 6) is -0.370. The predicted octanol–water partition coefficient (Wildman–Crippen LogP) is 3.96. The van der Waals surface area contributed by atoms with Gasteiger partial charge in [0.1, 0.15) is 5.82 Å². The largest absolute Gasteiger partial charge is 0.240 e. The second-order valence-electron chi connectivity index (χ2n) is 5.64. The Morgan fingerprint density at radius 3 is 2.43 bits per heavy atom. The number of nitrogens with one attached hydrogen (secondary N) is 1. The van der Waals surface area contributed by atoms with Gasteiger partial charge in [-0.2, -0.15) is 0 Å². The first-order valence-corrected chi connectivity index (χ1v) is 9.24. The van der Waals surface area contributed by atoms with Gasteiger partial charge in [-0.25, -0.2) is 17.5 Å². The Kier molecular flexibility index (Phi) is 5.91. The van der Waals surface area contributed by atoms with Crippen molar-refractivity contribution in [2.24, 2.45) is 0 Å². The van der Waals surface area contributed by atoms with E-state index in [0.29, 0.717) is 5.56 Å². The van der Waals surface area contributed by atoms with Gasteiger partial charge in [-0.05, 0) is 60.7 Å². The second kappa shape index (κ2) is 7.70. The first kappa shape index (κ1) is 17.6. The molecule has 0 saturated carbocycles. The molecule has 2 aromatic carbocycles. The first-order valence-electron chi connectivity index (χ1n) is 7.76. The molecule has 0 aromatic heterocycles. The molecule has 0 unspecified atom stereocenters. The molecule has 2 aromatic rings. The van der Waals surface area contributed by atoms with Crippen molar-refractivity contribution in [1.29, 1.82) is 0 Å². The number of rotatable bonds is 7. The molecule has 0 fully saturated rings. The summed E-state index contributed by atoms with van der Waals surface area (Å²) in [7, 11) is -3.60. The van der Waals surface area contributed by atoms with Crippen molar-refractivity contribution < 1.29 is 12.8 Å². The van der Waals surface area contributed by atoms with Crippen LogP contribution in [0.1, 0.15) is 36.5 Å². The van der Waals surface area contributed by atoms with Gasteiger partial charge in [0.2, 0.25) is 10.0 Å². The molecule has 0 radical (unpaired) electrons. The molecular weight excluding hydrogens is 313 g/mol. The van der Waals surface area contributed by atoms with Crippen molar-refractivity contribution in [3.05, 3.63) is 65.0 Å². The smallest absolute Gasteiger partial charge is 0.207 e. The van der Waals surface area contributed by atoms with Crippen LogP contribution in [-0.2, 0) is 23.0 Å². The monoisotopic (exact) mass is 335 g/mol. The quantitative estimate of drug-likeness (QED) is 0.832. The molecule has 0 spiro atoms. The maximum Gasteiger partial charge on any atom is 0.240 e.